The van der Waals surface area contributed by atoms with Crippen LogP contribution in [0.15, 0.2) is 48.7 Å². The number of pyridine rings is 1. The van der Waals surface area contributed by atoms with Gasteiger partial charge in [0.05, 0.1) is 7.11 Å². The van der Waals surface area contributed by atoms with Gasteiger partial charge in [0.25, 0.3) is 0 Å². The number of nitrogens with two attached hydrogens (primary N) is 1. The first kappa shape index (κ1) is 13.1. The van der Waals surface area contributed by atoms with E-state index in [-0.39, 0.29) is 5.95 Å². The van der Waals surface area contributed by atoms with Crippen molar-refractivity contribution in [1.82, 2.24) is 14.5 Å². The van der Waals surface area contributed by atoms with Crippen LogP contribution < -0.4 is 5.73 Å². The molecule has 0 saturated heterocycles. The van der Waals surface area contributed by atoms with E-state index in [1.807, 2.05) is 30.3 Å². The number of benzene rings is 1. The first-order chi connectivity index (χ1) is 10.2. The molecular weight excluding hydrogens is 268 g/mol. The zero-order valence-corrected chi connectivity index (χ0v) is 11.4. The number of anilines is 1. The average Bonchev–Trinajstić information content (AvgIpc) is 2.85. The van der Waals surface area contributed by atoms with Gasteiger partial charge in [0.1, 0.15) is 5.52 Å². The number of nitrogen functional groups attached to an aromatic ring is 1. The first-order valence-corrected chi connectivity index (χ1v) is 6.43. The van der Waals surface area contributed by atoms with Crippen LogP contribution in [0.4, 0.5) is 5.95 Å². The smallest absolute Gasteiger partial charge is 0.333 e. The maximum atomic E-state index is 12.3. The number of fused-ring (bicyclic) bond motifs is 1. The second kappa shape index (κ2) is 5.24. The summed E-state index contributed by atoms with van der Waals surface area (Å²) in [6.07, 6.45) is 1.64. The lowest BCUT2D eigenvalue weighted by atomic mass is 10.1. The minimum Gasteiger partial charge on any atom is -0.467 e. The second-order valence-electron chi connectivity index (χ2n) is 4.52. The molecule has 1 atom stereocenters. The number of hydrogen-bond acceptors (Lipinski definition) is 5. The SMILES string of the molecule is COC(=O)C(c1ccccc1)n1c(N)nc2cccnc21. The van der Waals surface area contributed by atoms with Gasteiger partial charge in [-0.1, -0.05) is 30.3 Å². The lowest BCUT2D eigenvalue weighted by Gasteiger charge is -2.18. The molecule has 0 radical (unpaired) electrons. The standard InChI is InChI=1S/C15H14N4O2/c1-21-14(20)12(10-6-3-2-4-7-10)19-13-11(18-15(19)16)8-5-9-17-13/h2-9,12H,1H3,(H2,16,18). The van der Waals surface area contributed by atoms with Crippen molar-refractivity contribution in [2.45, 2.75) is 6.04 Å². The Labute approximate surface area is 121 Å². The third-order valence-electron chi connectivity index (χ3n) is 3.27. The number of carbonyl (C=O) groups excluding carboxylic acids is 1. The molecule has 0 saturated carbocycles. The van der Waals surface area contributed by atoms with Crippen LogP contribution in [-0.4, -0.2) is 27.6 Å². The van der Waals surface area contributed by atoms with Crippen molar-refractivity contribution in [3.8, 4) is 0 Å². The van der Waals surface area contributed by atoms with E-state index in [1.165, 1.54) is 7.11 Å². The molecule has 0 bridgehead atoms. The van der Waals surface area contributed by atoms with Crippen molar-refractivity contribution in [3.63, 3.8) is 0 Å². The number of esters is 1. The molecule has 0 aliphatic heterocycles. The van der Waals surface area contributed by atoms with Crippen LogP contribution in [0.2, 0.25) is 0 Å². The highest BCUT2D eigenvalue weighted by Crippen LogP contribution is 2.27. The lowest BCUT2D eigenvalue weighted by molar-refractivity contribution is -0.143. The molecular formula is C15H14N4O2. The number of aromatic nitrogens is 3. The van der Waals surface area contributed by atoms with Crippen molar-refractivity contribution >= 4 is 23.1 Å². The summed E-state index contributed by atoms with van der Waals surface area (Å²) in [4.78, 5) is 20.8. The first-order valence-electron chi connectivity index (χ1n) is 6.43. The maximum Gasteiger partial charge on any atom is 0.333 e. The Hall–Kier alpha value is -2.89. The van der Waals surface area contributed by atoms with Gasteiger partial charge in [-0.3, -0.25) is 4.57 Å². The van der Waals surface area contributed by atoms with Crippen LogP contribution in [-0.2, 0) is 9.53 Å². The molecule has 1 unspecified atom stereocenters. The highest BCUT2D eigenvalue weighted by atomic mass is 16.5. The van der Waals surface area contributed by atoms with E-state index >= 15 is 0 Å². The van der Waals surface area contributed by atoms with E-state index in [9.17, 15) is 4.79 Å². The Balaban J connectivity index is 2.24. The fourth-order valence-corrected chi connectivity index (χ4v) is 2.34. The molecule has 21 heavy (non-hydrogen) atoms. The Bertz CT molecular complexity index is 783. The van der Waals surface area contributed by atoms with Crippen molar-refractivity contribution in [2.75, 3.05) is 12.8 Å². The molecule has 0 aliphatic carbocycles. The van der Waals surface area contributed by atoms with Gasteiger partial charge < -0.3 is 10.5 Å². The normalized spacial score (nSPS) is 12.2. The van der Waals surface area contributed by atoms with Crippen LogP contribution in [0.25, 0.3) is 11.2 Å². The van der Waals surface area contributed by atoms with Gasteiger partial charge in [-0.05, 0) is 17.7 Å². The van der Waals surface area contributed by atoms with Crippen LogP contribution in [0.1, 0.15) is 11.6 Å². The zero-order valence-electron chi connectivity index (χ0n) is 11.4. The topological polar surface area (TPSA) is 83.0 Å². The van der Waals surface area contributed by atoms with Gasteiger partial charge in [-0.25, -0.2) is 14.8 Å². The van der Waals surface area contributed by atoms with E-state index in [0.29, 0.717) is 11.2 Å². The molecule has 0 aliphatic rings. The van der Waals surface area contributed by atoms with Gasteiger partial charge in [-0.2, -0.15) is 0 Å². The molecule has 2 aromatic heterocycles. The fourth-order valence-electron chi connectivity index (χ4n) is 2.34. The summed E-state index contributed by atoms with van der Waals surface area (Å²) in [6.45, 7) is 0. The lowest BCUT2D eigenvalue weighted by Crippen LogP contribution is -2.23. The van der Waals surface area contributed by atoms with Crippen LogP contribution in [0.3, 0.4) is 0 Å². The maximum absolute atomic E-state index is 12.3. The van der Waals surface area contributed by atoms with Crippen LogP contribution in [0.5, 0.6) is 0 Å². The highest BCUT2D eigenvalue weighted by Gasteiger charge is 2.27. The molecule has 2 N–H and O–H groups in total. The van der Waals surface area contributed by atoms with E-state index in [2.05, 4.69) is 9.97 Å². The summed E-state index contributed by atoms with van der Waals surface area (Å²) < 4.78 is 6.52. The Morgan fingerprint density at radius 3 is 2.71 bits per heavy atom. The van der Waals surface area contributed by atoms with Gasteiger partial charge in [0, 0.05) is 6.20 Å². The second-order valence-corrected chi connectivity index (χ2v) is 4.52. The third-order valence-corrected chi connectivity index (χ3v) is 3.27. The highest BCUT2D eigenvalue weighted by molar-refractivity contribution is 5.83. The Morgan fingerprint density at radius 1 is 1.24 bits per heavy atom. The van der Waals surface area contributed by atoms with Gasteiger partial charge >= 0.3 is 5.97 Å². The third kappa shape index (κ3) is 2.20. The monoisotopic (exact) mass is 282 g/mol. The molecule has 3 aromatic rings. The molecule has 1 aromatic carbocycles. The number of nitrogens with zero attached hydrogens (tertiary/aromatic N) is 3. The largest absolute Gasteiger partial charge is 0.467 e. The zero-order chi connectivity index (χ0) is 14.8. The van der Waals surface area contributed by atoms with Crippen LogP contribution in [0, 0.1) is 0 Å². The van der Waals surface area contributed by atoms with Crippen molar-refractivity contribution in [1.29, 1.82) is 0 Å². The minimum atomic E-state index is -0.712. The molecule has 6 nitrogen and oxygen atoms in total. The predicted molar refractivity (Wildman–Crippen MR) is 78.5 cm³/mol. The van der Waals surface area contributed by atoms with E-state index in [4.69, 9.17) is 10.5 Å². The number of methoxy groups -OCH3 is 1. The summed E-state index contributed by atoms with van der Waals surface area (Å²) in [6, 6.07) is 12.1. The van der Waals surface area contributed by atoms with E-state index in [0.717, 1.165) is 5.56 Å². The molecule has 3 rings (SSSR count). The van der Waals surface area contributed by atoms with E-state index < -0.39 is 12.0 Å². The number of imidazole rings is 1. The average molecular weight is 282 g/mol. The molecule has 0 spiro atoms. The van der Waals surface area contributed by atoms with Gasteiger partial charge in [-0.15, -0.1) is 0 Å². The van der Waals surface area contributed by atoms with Crippen molar-refractivity contribution in [3.05, 3.63) is 54.2 Å². The Morgan fingerprint density at radius 2 is 2.00 bits per heavy atom. The molecule has 106 valence electrons. The van der Waals surface area contributed by atoms with E-state index in [1.54, 1.807) is 22.9 Å². The quantitative estimate of drug-likeness (QED) is 0.740. The number of ether oxygens (including phenoxy) is 1. The summed E-state index contributed by atoms with van der Waals surface area (Å²) in [7, 11) is 1.35. The summed E-state index contributed by atoms with van der Waals surface area (Å²) in [5.74, 6) is -0.194. The summed E-state index contributed by atoms with van der Waals surface area (Å²) in [5, 5.41) is 0. The number of hydrogen-bond donors (Lipinski definition) is 1. The number of carbonyl (C=O) groups is 1. The minimum absolute atomic E-state index is 0.225. The van der Waals surface area contributed by atoms with Crippen LogP contribution >= 0.6 is 0 Å². The fraction of sp³-hybridized carbons (Fsp3) is 0.133. The number of rotatable bonds is 3. The summed E-state index contributed by atoms with van der Waals surface area (Å²) in [5.41, 5.74) is 7.94. The summed E-state index contributed by atoms with van der Waals surface area (Å²) >= 11 is 0. The molecule has 6 heteroatoms. The van der Waals surface area contributed by atoms with Crippen molar-refractivity contribution < 1.29 is 9.53 Å². The molecule has 0 fully saturated rings. The predicted octanol–water partition coefficient (Wildman–Crippen LogP) is 1.78. The Kier molecular flexibility index (Phi) is 3.27. The van der Waals surface area contributed by atoms with Crippen molar-refractivity contribution in [2.24, 2.45) is 0 Å². The van der Waals surface area contributed by atoms with Gasteiger partial charge in [0.2, 0.25) is 5.95 Å². The molecule has 2 heterocycles. The molecule has 0 amide bonds. The van der Waals surface area contributed by atoms with Gasteiger partial charge in [0.15, 0.2) is 11.7 Å².